The van der Waals surface area contributed by atoms with Crippen LogP contribution in [0, 0.1) is 0 Å². The van der Waals surface area contributed by atoms with Crippen LogP contribution in [0.1, 0.15) is 25.6 Å². The van der Waals surface area contributed by atoms with Crippen molar-refractivity contribution >= 4 is 0 Å². The number of aryl methyl sites for hydroxylation is 2. The molecular formula is C14H25N3O2. The van der Waals surface area contributed by atoms with Gasteiger partial charge < -0.3 is 19.4 Å². The van der Waals surface area contributed by atoms with Crippen molar-refractivity contribution in [2.75, 3.05) is 26.4 Å². The lowest BCUT2D eigenvalue weighted by atomic mass is 10.0. The predicted octanol–water partition coefficient (Wildman–Crippen LogP) is 1.14. The molecule has 2 atom stereocenters. The first-order valence-corrected chi connectivity index (χ1v) is 7.20. The molecule has 1 saturated heterocycles. The van der Waals surface area contributed by atoms with E-state index in [4.69, 9.17) is 9.47 Å². The van der Waals surface area contributed by atoms with Crippen molar-refractivity contribution in [2.45, 2.75) is 38.3 Å². The largest absolute Gasteiger partial charge is 0.376 e. The molecule has 2 heterocycles. The van der Waals surface area contributed by atoms with Gasteiger partial charge in [-0.25, -0.2) is 4.98 Å². The Morgan fingerprint density at radius 3 is 3.05 bits per heavy atom. The molecule has 0 radical (unpaired) electrons. The fourth-order valence-electron chi connectivity index (χ4n) is 2.41. The molecular weight excluding hydrogens is 242 g/mol. The highest BCUT2D eigenvalue weighted by atomic mass is 16.6. The van der Waals surface area contributed by atoms with Gasteiger partial charge in [-0.05, 0) is 19.4 Å². The lowest BCUT2D eigenvalue weighted by molar-refractivity contribution is -0.102. The van der Waals surface area contributed by atoms with E-state index in [1.165, 1.54) is 0 Å². The first kappa shape index (κ1) is 14.5. The Kier molecular flexibility index (Phi) is 5.82. The summed E-state index contributed by atoms with van der Waals surface area (Å²) in [5.41, 5.74) is 0. The van der Waals surface area contributed by atoms with Crippen molar-refractivity contribution in [1.29, 1.82) is 0 Å². The number of nitrogens with one attached hydrogen (secondary N) is 1. The quantitative estimate of drug-likeness (QED) is 0.805. The Morgan fingerprint density at radius 2 is 2.42 bits per heavy atom. The summed E-state index contributed by atoms with van der Waals surface area (Å²) in [6.45, 7) is 5.32. The van der Waals surface area contributed by atoms with Crippen LogP contribution in [0.2, 0.25) is 0 Å². The van der Waals surface area contributed by atoms with Gasteiger partial charge in [-0.1, -0.05) is 6.92 Å². The van der Waals surface area contributed by atoms with Crippen LogP contribution in [0.25, 0.3) is 0 Å². The van der Waals surface area contributed by atoms with Gasteiger partial charge >= 0.3 is 0 Å². The van der Waals surface area contributed by atoms with Gasteiger partial charge in [-0.3, -0.25) is 0 Å². The summed E-state index contributed by atoms with van der Waals surface area (Å²) in [4.78, 5) is 4.38. The lowest BCUT2D eigenvalue weighted by Crippen LogP contribution is -2.47. The van der Waals surface area contributed by atoms with E-state index in [1.54, 1.807) is 0 Å². The number of hydrogen-bond donors (Lipinski definition) is 1. The number of hydrogen-bond acceptors (Lipinski definition) is 4. The normalized spacial score (nSPS) is 21.5. The minimum Gasteiger partial charge on any atom is -0.376 e. The molecule has 5 heteroatoms. The molecule has 1 aromatic rings. The lowest BCUT2D eigenvalue weighted by Gasteiger charge is -2.31. The van der Waals surface area contributed by atoms with Crippen LogP contribution in [-0.2, 0) is 22.9 Å². The molecule has 1 aliphatic heterocycles. The Hall–Kier alpha value is -0.910. The van der Waals surface area contributed by atoms with Crippen molar-refractivity contribution in [3.8, 4) is 0 Å². The summed E-state index contributed by atoms with van der Waals surface area (Å²) in [6, 6.07) is 0.344. The second-order valence-electron chi connectivity index (χ2n) is 5.04. The Labute approximate surface area is 115 Å². The minimum atomic E-state index is 0.167. The molecule has 0 bridgehead atoms. The van der Waals surface area contributed by atoms with Crippen molar-refractivity contribution in [2.24, 2.45) is 7.05 Å². The molecule has 2 rings (SSSR count). The van der Waals surface area contributed by atoms with Crippen molar-refractivity contribution in [3.63, 3.8) is 0 Å². The molecule has 2 unspecified atom stereocenters. The van der Waals surface area contributed by atoms with Crippen LogP contribution >= 0.6 is 0 Å². The van der Waals surface area contributed by atoms with Crippen LogP contribution in [0.3, 0.4) is 0 Å². The van der Waals surface area contributed by atoms with Crippen LogP contribution in [0.4, 0.5) is 0 Å². The molecule has 0 saturated carbocycles. The molecule has 19 heavy (non-hydrogen) atoms. The predicted molar refractivity (Wildman–Crippen MR) is 74.2 cm³/mol. The summed E-state index contributed by atoms with van der Waals surface area (Å²) in [7, 11) is 2.04. The first-order chi connectivity index (χ1) is 9.31. The van der Waals surface area contributed by atoms with Crippen LogP contribution in [-0.4, -0.2) is 48.1 Å². The van der Waals surface area contributed by atoms with Crippen LogP contribution in [0.5, 0.6) is 0 Å². The standard InChI is InChI=1S/C14H25N3O2/c1-3-6-15-12(13-11-18-9-10-19-13)4-5-14-16-7-8-17(14)2/h7-8,12-13,15H,3-6,9-11H2,1-2H3. The van der Waals surface area contributed by atoms with Crippen molar-refractivity contribution in [1.82, 2.24) is 14.9 Å². The number of nitrogens with zero attached hydrogens (tertiary/aromatic N) is 2. The third-order valence-corrected chi connectivity index (χ3v) is 3.55. The maximum absolute atomic E-state index is 5.82. The summed E-state index contributed by atoms with van der Waals surface area (Å²) < 4.78 is 13.4. The second kappa shape index (κ2) is 7.62. The van der Waals surface area contributed by atoms with Crippen molar-refractivity contribution in [3.05, 3.63) is 18.2 Å². The maximum atomic E-state index is 5.82. The summed E-state index contributed by atoms with van der Waals surface area (Å²) in [5, 5.41) is 3.58. The van der Waals surface area contributed by atoms with E-state index in [1.807, 2.05) is 19.4 Å². The fourth-order valence-corrected chi connectivity index (χ4v) is 2.41. The third kappa shape index (κ3) is 4.30. The monoisotopic (exact) mass is 267 g/mol. The Bertz CT molecular complexity index is 361. The molecule has 0 spiro atoms. The number of ether oxygens (including phenoxy) is 2. The number of imidazole rings is 1. The summed E-state index contributed by atoms with van der Waals surface area (Å²) in [6.07, 6.45) is 7.13. The van der Waals surface area contributed by atoms with E-state index < -0.39 is 0 Å². The SMILES string of the molecule is CCCNC(CCc1nccn1C)C1COCCO1. The van der Waals surface area contributed by atoms with Gasteiger partial charge in [-0.15, -0.1) is 0 Å². The molecule has 0 aliphatic carbocycles. The zero-order chi connectivity index (χ0) is 13.5. The fraction of sp³-hybridized carbons (Fsp3) is 0.786. The van der Waals surface area contributed by atoms with E-state index >= 15 is 0 Å². The summed E-state index contributed by atoms with van der Waals surface area (Å²) >= 11 is 0. The van der Waals surface area contributed by atoms with Gasteiger partial charge in [0.05, 0.1) is 25.9 Å². The third-order valence-electron chi connectivity index (χ3n) is 3.55. The second-order valence-corrected chi connectivity index (χ2v) is 5.04. The topological polar surface area (TPSA) is 48.3 Å². The van der Waals surface area contributed by atoms with E-state index in [-0.39, 0.29) is 6.10 Å². The molecule has 108 valence electrons. The van der Waals surface area contributed by atoms with E-state index in [0.29, 0.717) is 19.3 Å². The summed E-state index contributed by atoms with van der Waals surface area (Å²) in [5.74, 6) is 1.13. The van der Waals surface area contributed by atoms with Gasteiger partial charge in [-0.2, -0.15) is 0 Å². The first-order valence-electron chi connectivity index (χ1n) is 7.20. The van der Waals surface area contributed by atoms with Gasteiger partial charge in [0.25, 0.3) is 0 Å². The van der Waals surface area contributed by atoms with Gasteiger partial charge in [0.15, 0.2) is 0 Å². The van der Waals surface area contributed by atoms with E-state index in [9.17, 15) is 0 Å². The molecule has 0 amide bonds. The van der Waals surface area contributed by atoms with Crippen LogP contribution < -0.4 is 5.32 Å². The van der Waals surface area contributed by atoms with E-state index in [0.717, 1.165) is 38.2 Å². The highest BCUT2D eigenvalue weighted by Gasteiger charge is 2.24. The van der Waals surface area contributed by atoms with Gasteiger partial charge in [0, 0.05) is 31.9 Å². The maximum Gasteiger partial charge on any atom is 0.108 e. The Balaban J connectivity index is 1.87. The highest BCUT2D eigenvalue weighted by molar-refractivity contribution is 4.93. The van der Waals surface area contributed by atoms with Gasteiger partial charge in [0.2, 0.25) is 0 Å². The number of rotatable bonds is 7. The molecule has 1 aliphatic rings. The zero-order valence-corrected chi connectivity index (χ0v) is 12.0. The smallest absolute Gasteiger partial charge is 0.108 e. The highest BCUT2D eigenvalue weighted by Crippen LogP contribution is 2.12. The van der Waals surface area contributed by atoms with Crippen molar-refractivity contribution < 1.29 is 9.47 Å². The van der Waals surface area contributed by atoms with Crippen LogP contribution in [0.15, 0.2) is 12.4 Å². The molecule has 1 N–H and O–H groups in total. The minimum absolute atomic E-state index is 0.167. The Morgan fingerprint density at radius 1 is 1.53 bits per heavy atom. The average Bonchev–Trinajstić information content (AvgIpc) is 2.85. The zero-order valence-electron chi connectivity index (χ0n) is 12.0. The average molecular weight is 267 g/mol. The van der Waals surface area contributed by atoms with E-state index in [2.05, 4.69) is 21.8 Å². The number of aromatic nitrogens is 2. The molecule has 1 aromatic heterocycles. The molecule has 0 aromatic carbocycles. The van der Waals surface area contributed by atoms with Gasteiger partial charge in [0.1, 0.15) is 5.82 Å². The molecule has 1 fully saturated rings. The molecule has 5 nitrogen and oxygen atoms in total.